The lowest BCUT2D eigenvalue weighted by Crippen LogP contribution is -2.44. The molecule has 0 atom stereocenters. The standard InChI is InChI=1S/C5H8I2O6P2/c6-14(8)10-1-5(2-11-14)3-12-15(7,9)13-4-5/h1-4H2. The van der Waals surface area contributed by atoms with Crippen LogP contribution in [0.3, 0.4) is 0 Å². The Morgan fingerprint density at radius 3 is 1.33 bits per heavy atom. The summed E-state index contributed by atoms with van der Waals surface area (Å²) < 4.78 is 43.2. The lowest BCUT2D eigenvalue weighted by molar-refractivity contribution is -0.0598. The zero-order chi connectivity index (χ0) is 11.2. The minimum absolute atomic E-state index is 0.240. The summed E-state index contributed by atoms with van der Waals surface area (Å²) in [5, 5.41) is -5.85. The van der Waals surface area contributed by atoms with Gasteiger partial charge in [0.25, 0.3) is 0 Å². The van der Waals surface area contributed by atoms with Crippen LogP contribution >= 0.6 is 54.6 Å². The van der Waals surface area contributed by atoms with Crippen LogP contribution in [0.4, 0.5) is 0 Å². The van der Waals surface area contributed by atoms with Crippen LogP contribution < -0.4 is 0 Å². The van der Waals surface area contributed by atoms with Gasteiger partial charge >= 0.3 is 10.5 Å². The molecular formula is C5H8I2O6P2. The highest BCUT2D eigenvalue weighted by molar-refractivity contribution is 14.2. The van der Waals surface area contributed by atoms with Crippen molar-refractivity contribution in [2.45, 2.75) is 0 Å². The van der Waals surface area contributed by atoms with Gasteiger partial charge in [0, 0.05) is 0 Å². The van der Waals surface area contributed by atoms with Crippen molar-refractivity contribution < 1.29 is 27.2 Å². The van der Waals surface area contributed by atoms with Gasteiger partial charge in [-0.15, -0.1) is 0 Å². The minimum Gasteiger partial charge on any atom is -0.301 e. The van der Waals surface area contributed by atoms with Crippen LogP contribution in [-0.2, 0) is 27.2 Å². The fourth-order valence-electron chi connectivity index (χ4n) is 1.18. The molecule has 0 aromatic heterocycles. The van der Waals surface area contributed by atoms with Gasteiger partial charge in [-0.2, -0.15) is 0 Å². The molecule has 2 fully saturated rings. The summed E-state index contributed by atoms with van der Waals surface area (Å²) in [5.74, 6) is 0. The molecule has 0 bridgehead atoms. The van der Waals surface area contributed by atoms with Gasteiger partial charge in [-0.1, -0.05) is 0 Å². The van der Waals surface area contributed by atoms with E-state index in [4.69, 9.17) is 18.1 Å². The van der Waals surface area contributed by atoms with Gasteiger partial charge in [0.05, 0.1) is 75.9 Å². The molecule has 0 amide bonds. The Morgan fingerprint density at radius 1 is 0.800 bits per heavy atom. The van der Waals surface area contributed by atoms with E-state index < -0.39 is 15.9 Å². The second-order valence-corrected chi connectivity index (χ2v) is 13.3. The monoisotopic (exact) mass is 480 g/mol. The van der Waals surface area contributed by atoms with E-state index in [2.05, 4.69) is 0 Å². The van der Waals surface area contributed by atoms with Crippen molar-refractivity contribution in [1.82, 2.24) is 0 Å². The van der Waals surface area contributed by atoms with Gasteiger partial charge in [0.1, 0.15) is 0 Å². The third-order valence-electron chi connectivity index (χ3n) is 2.10. The average Bonchev–Trinajstić information content (AvgIpc) is 2.15. The van der Waals surface area contributed by atoms with Crippen LogP contribution in [-0.4, -0.2) is 26.4 Å². The van der Waals surface area contributed by atoms with Crippen LogP contribution in [0, 0.1) is 5.41 Å². The van der Waals surface area contributed by atoms with Crippen molar-refractivity contribution in [1.29, 1.82) is 0 Å². The Bertz CT molecular complexity index is 298. The first-order valence-corrected chi connectivity index (χ1v) is 12.7. The number of halogens is 2. The Balaban J connectivity index is 2.01. The third kappa shape index (κ3) is 3.37. The number of rotatable bonds is 0. The molecule has 0 aromatic carbocycles. The fraction of sp³-hybridized carbons (Fsp3) is 1.00. The molecule has 2 aliphatic rings. The lowest BCUT2D eigenvalue weighted by atomic mass is 9.93. The van der Waals surface area contributed by atoms with Crippen LogP contribution in [0.5, 0.6) is 0 Å². The molecule has 0 aliphatic carbocycles. The number of hydrogen-bond donors (Lipinski definition) is 0. The highest BCUT2D eigenvalue weighted by atomic mass is 127. The molecule has 0 saturated carbocycles. The van der Waals surface area contributed by atoms with Gasteiger partial charge in [-0.3, -0.25) is 0 Å². The molecule has 1 spiro atoms. The van der Waals surface area contributed by atoms with E-state index in [0.29, 0.717) is 0 Å². The van der Waals surface area contributed by atoms with Gasteiger partial charge in [-0.25, -0.2) is 9.13 Å². The minimum atomic E-state index is -2.92. The summed E-state index contributed by atoms with van der Waals surface area (Å²) in [6.07, 6.45) is 0. The van der Waals surface area contributed by atoms with Crippen molar-refractivity contribution >= 4 is 54.6 Å². The quantitative estimate of drug-likeness (QED) is 0.393. The molecule has 2 rings (SSSR count). The van der Waals surface area contributed by atoms with Crippen molar-refractivity contribution in [3.05, 3.63) is 0 Å². The smallest absolute Gasteiger partial charge is 0.301 e. The zero-order valence-corrected chi connectivity index (χ0v) is 13.5. The Hall–Kier alpha value is 1.76. The van der Waals surface area contributed by atoms with E-state index in [1.54, 1.807) is 44.1 Å². The van der Waals surface area contributed by atoms with Crippen molar-refractivity contribution in [3.63, 3.8) is 0 Å². The second kappa shape index (κ2) is 4.46. The summed E-state index contributed by atoms with van der Waals surface area (Å²) in [6.45, 7) is 0.960. The van der Waals surface area contributed by atoms with Gasteiger partial charge in [0.15, 0.2) is 0 Å². The summed E-state index contributed by atoms with van der Waals surface area (Å²) in [4.78, 5) is 0. The number of hydrogen-bond acceptors (Lipinski definition) is 6. The normalized spacial score (nSPS) is 51.9. The molecule has 0 unspecified atom stereocenters. The highest BCUT2D eigenvalue weighted by Gasteiger charge is 2.47. The van der Waals surface area contributed by atoms with Gasteiger partial charge in [0.2, 0.25) is 0 Å². The maximum atomic E-state index is 11.4. The van der Waals surface area contributed by atoms with Crippen molar-refractivity contribution in [2.24, 2.45) is 5.41 Å². The molecular weight excluding hydrogens is 472 g/mol. The van der Waals surface area contributed by atoms with E-state index >= 15 is 0 Å². The Morgan fingerprint density at radius 2 is 1.07 bits per heavy atom. The molecule has 0 aromatic rings. The van der Waals surface area contributed by atoms with Crippen molar-refractivity contribution in [2.75, 3.05) is 26.4 Å². The molecule has 15 heavy (non-hydrogen) atoms. The molecule has 88 valence electrons. The Labute approximate surface area is 113 Å². The molecule has 0 N–H and O–H groups in total. The van der Waals surface area contributed by atoms with Gasteiger partial charge in [-0.05, 0) is 0 Å². The highest BCUT2D eigenvalue weighted by Crippen LogP contribution is 2.65. The molecule has 10 heteroatoms. The zero-order valence-electron chi connectivity index (χ0n) is 7.43. The predicted octanol–water partition coefficient (Wildman–Crippen LogP) is 3.15. The fourth-order valence-corrected chi connectivity index (χ4v) is 4.71. The summed E-state index contributed by atoms with van der Waals surface area (Å²) in [6, 6.07) is 0. The maximum Gasteiger partial charge on any atom is 0.388 e. The van der Waals surface area contributed by atoms with Crippen LogP contribution in [0.1, 0.15) is 0 Å². The van der Waals surface area contributed by atoms with E-state index in [-0.39, 0.29) is 26.4 Å². The predicted molar refractivity (Wildman–Crippen MR) is 69.5 cm³/mol. The van der Waals surface area contributed by atoms with E-state index in [0.717, 1.165) is 0 Å². The largest absolute Gasteiger partial charge is 0.388 e. The van der Waals surface area contributed by atoms with Crippen LogP contribution in [0.25, 0.3) is 0 Å². The summed E-state index contributed by atoms with van der Waals surface area (Å²) in [7, 11) is 0. The molecule has 2 aliphatic heterocycles. The maximum absolute atomic E-state index is 11.4. The molecule has 0 radical (unpaired) electrons. The lowest BCUT2D eigenvalue weighted by Gasteiger charge is -2.40. The first-order valence-electron chi connectivity index (χ1n) is 4.00. The third-order valence-corrected chi connectivity index (χ3v) is 7.19. The Kier molecular flexibility index (Phi) is 3.92. The van der Waals surface area contributed by atoms with Crippen LogP contribution in [0.15, 0.2) is 0 Å². The first-order chi connectivity index (χ1) is 6.83. The SMILES string of the molecule is O=P1(I)OCC2(CO1)COP(=O)(I)OC2. The summed E-state index contributed by atoms with van der Waals surface area (Å²) >= 11 is 3.30. The first kappa shape index (κ1) is 13.2. The summed E-state index contributed by atoms with van der Waals surface area (Å²) in [5.41, 5.74) is -0.474. The molecule has 6 nitrogen and oxygen atoms in total. The second-order valence-electron chi connectivity index (χ2n) is 3.46. The van der Waals surface area contributed by atoms with Crippen LogP contribution in [0.2, 0.25) is 0 Å². The topological polar surface area (TPSA) is 71.1 Å². The molecule has 2 saturated heterocycles. The molecule has 2 heterocycles. The van der Waals surface area contributed by atoms with E-state index in [9.17, 15) is 9.13 Å². The van der Waals surface area contributed by atoms with Crippen molar-refractivity contribution in [3.8, 4) is 0 Å². The van der Waals surface area contributed by atoms with Gasteiger partial charge < -0.3 is 18.1 Å². The average molecular weight is 480 g/mol. The van der Waals surface area contributed by atoms with E-state index in [1.165, 1.54) is 0 Å². The van der Waals surface area contributed by atoms with E-state index in [1.807, 2.05) is 0 Å².